The molecule has 2 aromatic rings. The summed E-state index contributed by atoms with van der Waals surface area (Å²) in [7, 11) is -3.77. The Labute approximate surface area is 173 Å². The molecule has 10 heteroatoms. The number of unbranched alkanes of at least 4 members (excludes halogenated alkanes) is 1. The molecule has 2 rings (SSSR count). The molecular formula is C20H23F3N2O4S. The van der Waals surface area contributed by atoms with Crippen LogP contribution in [-0.4, -0.2) is 33.7 Å². The minimum absolute atomic E-state index is 0.0659. The molecule has 0 saturated carbocycles. The summed E-state index contributed by atoms with van der Waals surface area (Å²) in [6.07, 6.45) is -4.64. The molecule has 0 saturated heterocycles. The number of carbonyl (C=O) groups excluding carboxylic acids is 1. The molecule has 2 aromatic carbocycles. The van der Waals surface area contributed by atoms with Crippen LogP contribution in [0.5, 0.6) is 0 Å². The van der Waals surface area contributed by atoms with Crippen molar-refractivity contribution in [1.29, 1.82) is 0 Å². The number of halogens is 3. The molecule has 6 nitrogen and oxygen atoms in total. The van der Waals surface area contributed by atoms with E-state index in [4.69, 9.17) is 4.74 Å². The van der Waals surface area contributed by atoms with Gasteiger partial charge in [-0.2, -0.15) is 13.2 Å². The Balaban J connectivity index is 2.19. The number of carbonyl (C=O) groups is 1. The van der Waals surface area contributed by atoms with Gasteiger partial charge in [-0.15, -0.1) is 0 Å². The zero-order valence-electron chi connectivity index (χ0n) is 16.3. The van der Waals surface area contributed by atoms with Crippen LogP contribution >= 0.6 is 0 Å². The van der Waals surface area contributed by atoms with Gasteiger partial charge >= 0.3 is 6.18 Å². The molecule has 164 valence electrons. The number of sulfonamides is 1. The predicted octanol–water partition coefficient (Wildman–Crippen LogP) is 4.02. The third kappa shape index (κ3) is 7.43. The Hall–Kier alpha value is -2.43. The van der Waals surface area contributed by atoms with Crippen LogP contribution in [0.3, 0.4) is 0 Å². The zero-order valence-corrected chi connectivity index (χ0v) is 17.1. The van der Waals surface area contributed by atoms with Gasteiger partial charge < -0.3 is 10.1 Å². The van der Waals surface area contributed by atoms with E-state index >= 15 is 0 Å². The van der Waals surface area contributed by atoms with Crippen LogP contribution in [0.15, 0.2) is 59.5 Å². The fourth-order valence-corrected chi connectivity index (χ4v) is 3.66. The highest BCUT2D eigenvalue weighted by Crippen LogP contribution is 2.25. The van der Waals surface area contributed by atoms with Crippen LogP contribution in [0.2, 0.25) is 0 Å². The van der Waals surface area contributed by atoms with E-state index in [0.717, 1.165) is 6.42 Å². The Morgan fingerprint density at radius 2 is 1.80 bits per heavy atom. The lowest BCUT2D eigenvalue weighted by molar-refractivity contribution is -0.187. The Morgan fingerprint density at radius 1 is 1.10 bits per heavy atom. The average Bonchev–Trinajstić information content (AvgIpc) is 2.68. The second kappa shape index (κ2) is 10.6. The van der Waals surface area contributed by atoms with Gasteiger partial charge in [-0.05, 0) is 30.2 Å². The minimum atomic E-state index is -4.61. The summed E-state index contributed by atoms with van der Waals surface area (Å²) in [6, 6.07) is 13.2. The number of rotatable bonds is 10. The molecule has 0 aliphatic rings. The SMILES string of the molecule is CCCCNS(=O)(=O)c1cccc(NC(=O)[C@@H](OCC(F)(F)F)c2ccccc2)c1. The van der Waals surface area contributed by atoms with Gasteiger partial charge in [-0.3, -0.25) is 4.79 Å². The number of anilines is 1. The first kappa shape index (κ1) is 23.8. The Kier molecular flexibility index (Phi) is 8.39. The van der Waals surface area contributed by atoms with Crippen molar-refractivity contribution < 1.29 is 31.1 Å². The average molecular weight is 444 g/mol. The second-order valence-corrected chi connectivity index (χ2v) is 8.25. The van der Waals surface area contributed by atoms with Gasteiger partial charge in [0.1, 0.15) is 6.61 Å². The third-order valence-electron chi connectivity index (χ3n) is 3.99. The first-order valence-corrected chi connectivity index (χ1v) is 10.7. The lowest BCUT2D eigenvalue weighted by Crippen LogP contribution is -2.28. The van der Waals surface area contributed by atoms with Crippen LogP contribution < -0.4 is 10.0 Å². The molecule has 0 heterocycles. The highest BCUT2D eigenvalue weighted by atomic mass is 32.2. The summed E-state index contributed by atoms with van der Waals surface area (Å²) in [5.74, 6) is -0.848. The fraction of sp³-hybridized carbons (Fsp3) is 0.350. The number of nitrogens with one attached hydrogen (secondary N) is 2. The van der Waals surface area contributed by atoms with E-state index < -0.39 is 34.8 Å². The van der Waals surface area contributed by atoms with E-state index in [1.54, 1.807) is 18.2 Å². The number of benzene rings is 2. The summed E-state index contributed by atoms with van der Waals surface area (Å²) in [4.78, 5) is 12.6. The van der Waals surface area contributed by atoms with Crippen molar-refractivity contribution in [1.82, 2.24) is 4.72 Å². The Morgan fingerprint density at radius 3 is 2.43 bits per heavy atom. The summed E-state index contributed by atoms with van der Waals surface area (Å²) in [5.41, 5.74) is 0.360. The molecule has 0 spiro atoms. The topological polar surface area (TPSA) is 84.5 Å². The molecule has 0 unspecified atom stereocenters. The highest BCUT2D eigenvalue weighted by Gasteiger charge is 2.32. The van der Waals surface area contributed by atoms with Crippen LogP contribution in [0.25, 0.3) is 0 Å². The maximum absolute atomic E-state index is 12.6. The van der Waals surface area contributed by atoms with Gasteiger partial charge in [0.25, 0.3) is 5.91 Å². The van der Waals surface area contributed by atoms with Crippen molar-refractivity contribution in [2.24, 2.45) is 0 Å². The van der Waals surface area contributed by atoms with Gasteiger partial charge in [-0.25, -0.2) is 13.1 Å². The molecule has 0 fully saturated rings. The normalized spacial score (nSPS) is 13.1. The van der Waals surface area contributed by atoms with E-state index in [2.05, 4.69) is 10.0 Å². The van der Waals surface area contributed by atoms with E-state index in [0.29, 0.717) is 6.42 Å². The standard InChI is InChI=1S/C20H23F3N2O4S/c1-2-3-12-24-30(27,28)17-11-7-10-16(13-17)25-19(26)18(29-14-20(21,22)23)15-8-5-4-6-9-15/h4-11,13,18,24H,2-3,12,14H2,1H3,(H,25,26)/t18-/m0/s1. The second-order valence-electron chi connectivity index (χ2n) is 6.49. The largest absolute Gasteiger partial charge is 0.411 e. The number of hydrogen-bond donors (Lipinski definition) is 2. The van der Waals surface area contributed by atoms with Crippen molar-refractivity contribution in [3.63, 3.8) is 0 Å². The molecule has 1 atom stereocenters. The van der Waals surface area contributed by atoms with E-state index in [1.165, 1.54) is 36.4 Å². The van der Waals surface area contributed by atoms with Gasteiger partial charge in [0.15, 0.2) is 6.10 Å². The van der Waals surface area contributed by atoms with Crippen molar-refractivity contribution in [2.45, 2.75) is 36.9 Å². The number of hydrogen-bond acceptors (Lipinski definition) is 4. The van der Waals surface area contributed by atoms with Crippen LogP contribution in [0.4, 0.5) is 18.9 Å². The molecule has 30 heavy (non-hydrogen) atoms. The number of amides is 1. The fourth-order valence-electron chi connectivity index (χ4n) is 2.54. The first-order chi connectivity index (χ1) is 14.1. The predicted molar refractivity (Wildman–Crippen MR) is 106 cm³/mol. The maximum atomic E-state index is 12.6. The molecule has 0 aliphatic heterocycles. The zero-order chi connectivity index (χ0) is 22.2. The summed E-state index contributed by atoms with van der Waals surface area (Å²) >= 11 is 0. The molecule has 0 aromatic heterocycles. The summed E-state index contributed by atoms with van der Waals surface area (Å²) in [6.45, 7) is 0.598. The number of ether oxygens (including phenoxy) is 1. The van der Waals surface area contributed by atoms with Crippen LogP contribution in [0.1, 0.15) is 31.4 Å². The lowest BCUT2D eigenvalue weighted by atomic mass is 10.1. The van der Waals surface area contributed by atoms with Crippen LogP contribution in [0, 0.1) is 0 Å². The third-order valence-corrected chi connectivity index (χ3v) is 5.45. The number of alkyl halides is 3. The lowest BCUT2D eigenvalue weighted by Gasteiger charge is -2.19. The monoisotopic (exact) mass is 444 g/mol. The van der Waals surface area contributed by atoms with Gasteiger partial charge in [0.05, 0.1) is 4.90 Å². The van der Waals surface area contributed by atoms with Crippen LogP contribution in [-0.2, 0) is 19.6 Å². The molecule has 2 N–H and O–H groups in total. The molecular weight excluding hydrogens is 421 g/mol. The van der Waals surface area contributed by atoms with Crippen molar-refractivity contribution in [3.05, 3.63) is 60.2 Å². The van der Waals surface area contributed by atoms with Crippen molar-refractivity contribution in [3.8, 4) is 0 Å². The summed E-state index contributed by atoms with van der Waals surface area (Å²) in [5, 5.41) is 2.43. The molecule has 1 amide bonds. The Bertz CT molecular complexity index is 935. The van der Waals surface area contributed by atoms with Crippen molar-refractivity contribution in [2.75, 3.05) is 18.5 Å². The highest BCUT2D eigenvalue weighted by molar-refractivity contribution is 7.89. The van der Waals surface area contributed by atoms with Crippen molar-refractivity contribution >= 4 is 21.6 Å². The van der Waals surface area contributed by atoms with E-state index in [1.807, 2.05) is 6.92 Å². The van der Waals surface area contributed by atoms with E-state index in [-0.39, 0.29) is 22.7 Å². The quantitative estimate of drug-likeness (QED) is 0.542. The maximum Gasteiger partial charge on any atom is 0.411 e. The van der Waals surface area contributed by atoms with E-state index in [9.17, 15) is 26.4 Å². The first-order valence-electron chi connectivity index (χ1n) is 9.26. The van der Waals surface area contributed by atoms with Gasteiger partial charge in [0.2, 0.25) is 10.0 Å². The minimum Gasteiger partial charge on any atom is -0.354 e. The van der Waals surface area contributed by atoms with Gasteiger partial charge in [0, 0.05) is 12.2 Å². The molecule has 0 aliphatic carbocycles. The summed E-state index contributed by atoms with van der Waals surface area (Å²) < 4.78 is 69.8. The molecule has 0 radical (unpaired) electrons. The van der Waals surface area contributed by atoms with Gasteiger partial charge in [-0.1, -0.05) is 49.7 Å². The molecule has 0 bridgehead atoms. The smallest absolute Gasteiger partial charge is 0.354 e.